The Morgan fingerprint density at radius 3 is 2.59 bits per heavy atom. The van der Waals surface area contributed by atoms with Crippen molar-refractivity contribution in [2.45, 2.75) is 27.1 Å². The van der Waals surface area contributed by atoms with Crippen LogP contribution in [-0.2, 0) is 13.3 Å². The normalized spacial score (nSPS) is 10.8. The second-order valence-corrected chi connectivity index (χ2v) is 7.52. The summed E-state index contributed by atoms with van der Waals surface area (Å²) in [5.74, 6) is -0.636. The lowest BCUT2D eigenvalue weighted by Crippen LogP contribution is -2.15. The van der Waals surface area contributed by atoms with E-state index in [2.05, 4.69) is 15.5 Å². The fraction of sp³-hybridized carbons (Fsp3) is 0.174. The lowest BCUT2D eigenvalue weighted by molar-refractivity contribution is -0.386. The highest BCUT2D eigenvalue weighted by molar-refractivity contribution is 6.03. The average molecular weight is 464 g/mol. The highest BCUT2D eigenvalue weighted by atomic mass is 19.1. The number of aromatic nitrogens is 4. The van der Waals surface area contributed by atoms with E-state index >= 15 is 0 Å². The zero-order valence-corrected chi connectivity index (χ0v) is 18.4. The summed E-state index contributed by atoms with van der Waals surface area (Å²) >= 11 is 0. The van der Waals surface area contributed by atoms with Gasteiger partial charge in [0.2, 0.25) is 0 Å². The van der Waals surface area contributed by atoms with E-state index in [4.69, 9.17) is 4.74 Å². The number of para-hydroxylation sites is 2. The van der Waals surface area contributed by atoms with Gasteiger partial charge in [-0.1, -0.05) is 24.3 Å². The number of nitrogens with zero attached hydrogens (tertiary/aromatic N) is 5. The van der Waals surface area contributed by atoms with Gasteiger partial charge in [-0.25, -0.2) is 9.07 Å². The van der Waals surface area contributed by atoms with Crippen LogP contribution in [0, 0.1) is 29.8 Å². The number of rotatable bonds is 8. The van der Waals surface area contributed by atoms with Crippen molar-refractivity contribution in [1.82, 2.24) is 19.6 Å². The predicted octanol–water partition coefficient (Wildman–Crippen LogP) is 4.08. The van der Waals surface area contributed by atoms with Gasteiger partial charge in [0.1, 0.15) is 5.82 Å². The van der Waals surface area contributed by atoms with Crippen molar-refractivity contribution in [2.24, 2.45) is 0 Å². The summed E-state index contributed by atoms with van der Waals surface area (Å²) in [6, 6.07) is 13.7. The Balaban J connectivity index is 1.42. The molecular weight excluding hydrogens is 443 g/mol. The number of anilines is 1. The minimum atomic E-state index is -0.530. The Morgan fingerprint density at radius 2 is 1.85 bits per heavy atom. The molecule has 4 aromatic rings. The third-order valence-electron chi connectivity index (χ3n) is 5.15. The van der Waals surface area contributed by atoms with Gasteiger partial charge < -0.3 is 10.1 Å². The van der Waals surface area contributed by atoms with Crippen molar-refractivity contribution in [2.75, 3.05) is 5.32 Å². The number of aryl methyl sites for hydroxylation is 1. The molecule has 0 spiro atoms. The number of nitro groups is 1. The lowest BCUT2D eigenvalue weighted by atomic mass is 10.2. The number of ether oxygens (including phenoxy) is 1. The summed E-state index contributed by atoms with van der Waals surface area (Å²) < 4.78 is 21.7. The molecule has 0 aliphatic heterocycles. The van der Waals surface area contributed by atoms with Gasteiger partial charge in [-0.15, -0.1) is 0 Å². The SMILES string of the molecule is Cc1nn(Cc2ccc(F)cc2)c(C)c1NC(=O)c1ccn(COc2ccccc2[N+](=O)[O-])n1. The molecule has 10 nitrogen and oxygen atoms in total. The van der Waals surface area contributed by atoms with Crippen LogP contribution in [0.15, 0.2) is 60.8 Å². The summed E-state index contributed by atoms with van der Waals surface area (Å²) in [6.45, 7) is 3.94. The molecule has 174 valence electrons. The molecule has 0 aliphatic carbocycles. The van der Waals surface area contributed by atoms with Crippen LogP contribution in [0.1, 0.15) is 27.4 Å². The van der Waals surface area contributed by atoms with Crippen molar-refractivity contribution in [3.05, 3.63) is 99.4 Å². The summed E-state index contributed by atoms with van der Waals surface area (Å²) in [7, 11) is 0. The highest BCUT2D eigenvalue weighted by Gasteiger charge is 2.18. The minimum Gasteiger partial charge on any atom is -0.464 e. The number of carbonyl (C=O) groups excluding carboxylic acids is 1. The molecule has 11 heteroatoms. The molecule has 1 N–H and O–H groups in total. The van der Waals surface area contributed by atoms with Crippen molar-refractivity contribution < 1.29 is 18.8 Å². The number of nitrogens with one attached hydrogen (secondary N) is 1. The number of carbonyl (C=O) groups is 1. The maximum absolute atomic E-state index is 13.2. The molecule has 0 aliphatic rings. The largest absolute Gasteiger partial charge is 0.464 e. The first-order valence-electron chi connectivity index (χ1n) is 10.3. The first kappa shape index (κ1) is 22.6. The third-order valence-corrected chi connectivity index (χ3v) is 5.15. The van der Waals surface area contributed by atoms with Crippen LogP contribution in [0.25, 0.3) is 0 Å². The number of hydrogen-bond acceptors (Lipinski definition) is 6. The van der Waals surface area contributed by atoms with Crippen LogP contribution in [0.2, 0.25) is 0 Å². The van der Waals surface area contributed by atoms with Gasteiger partial charge in [0.25, 0.3) is 5.91 Å². The molecule has 2 heterocycles. The molecule has 0 saturated heterocycles. The first-order chi connectivity index (χ1) is 16.3. The molecule has 0 atom stereocenters. The molecule has 34 heavy (non-hydrogen) atoms. The molecule has 0 radical (unpaired) electrons. The fourth-order valence-electron chi connectivity index (χ4n) is 3.39. The standard InChI is InChI=1S/C23H21FN6O4/c1-15-22(16(2)29(26-15)13-17-7-9-18(24)10-8-17)25-23(31)19-11-12-28(27-19)14-34-21-6-4-3-5-20(21)30(32)33/h3-12H,13-14H2,1-2H3,(H,25,31). The molecule has 0 bridgehead atoms. The van der Waals surface area contributed by atoms with Gasteiger partial charge in [-0.2, -0.15) is 10.2 Å². The molecule has 1 amide bonds. The molecule has 2 aromatic heterocycles. The van der Waals surface area contributed by atoms with Crippen LogP contribution in [0.5, 0.6) is 5.75 Å². The van der Waals surface area contributed by atoms with Crippen molar-refractivity contribution in [3.8, 4) is 5.75 Å². The Hall–Kier alpha value is -4.54. The van der Waals surface area contributed by atoms with Gasteiger partial charge in [0.05, 0.1) is 28.5 Å². The lowest BCUT2D eigenvalue weighted by Gasteiger charge is -2.07. The van der Waals surface area contributed by atoms with E-state index in [0.29, 0.717) is 17.9 Å². The molecule has 0 unspecified atom stereocenters. The number of amides is 1. The van der Waals surface area contributed by atoms with Gasteiger partial charge in [0.15, 0.2) is 18.2 Å². The summed E-state index contributed by atoms with van der Waals surface area (Å²) in [5.41, 5.74) is 2.81. The predicted molar refractivity (Wildman–Crippen MR) is 121 cm³/mol. The van der Waals surface area contributed by atoms with Gasteiger partial charge in [0, 0.05) is 12.3 Å². The van der Waals surface area contributed by atoms with E-state index in [1.807, 2.05) is 6.92 Å². The van der Waals surface area contributed by atoms with E-state index in [1.165, 1.54) is 35.0 Å². The maximum atomic E-state index is 13.2. The van der Waals surface area contributed by atoms with Crippen LogP contribution in [0.3, 0.4) is 0 Å². The molecule has 2 aromatic carbocycles. The number of hydrogen-bond donors (Lipinski definition) is 1. The second-order valence-electron chi connectivity index (χ2n) is 7.52. The van der Waals surface area contributed by atoms with Crippen molar-refractivity contribution >= 4 is 17.3 Å². The van der Waals surface area contributed by atoms with Gasteiger partial charge >= 0.3 is 5.69 Å². The average Bonchev–Trinajstić information content (AvgIpc) is 3.40. The zero-order valence-electron chi connectivity index (χ0n) is 18.4. The monoisotopic (exact) mass is 464 g/mol. The number of benzene rings is 2. The smallest absolute Gasteiger partial charge is 0.311 e. The van der Waals surface area contributed by atoms with Crippen molar-refractivity contribution in [1.29, 1.82) is 0 Å². The molecular formula is C23H21FN6O4. The Morgan fingerprint density at radius 1 is 1.12 bits per heavy atom. The first-order valence-corrected chi connectivity index (χ1v) is 10.3. The van der Waals surface area contributed by atoms with Crippen LogP contribution in [-0.4, -0.2) is 30.4 Å². The fourth-order valence-corrected chi connectivity index (χ4v) is 3.39. The van der Waals surface area contributed by atoms with E-state index in [9.17, 15) is 19.3 Å². The zero-order chi connectivity index (χ0) is 24.2. The second kappa shape index (κ2) is 9.53. The summed E-state index contributed by atoms with van der Waals surface area (Å²) in [5, 5.41) is 22.6. The van der Waals surface area contributed by atoms with Crippen LogP contribution in [0.4, 0.5) is 15.8 Å². The molecule has 0 fully saturated rings. The number of halogens is 1. The van der Waals surface area contributed by atoms with Crippen LogP contribution >= 0.6 is 0 Å². The summed E-state index contributed by atoms with van der Waals surface area (Å²) in [4.78, 5) is 23.3. The molecule has 0 saturated carbocycles. The van der Waals surface area contributed by atoms with Gasteiger partial charge in [-0.3, -0.25) is 19.6 Å². The Kier molecular flexibility index (Phi) is 6.35. The topological polar surface area (TPSA) is 117 Å². The quantitative estimate of drug-likeness (QED) is 0.310. The van der Waals surface area contributed by atoms with Gasteiger partial charge in [-0.05, 0) is 43.7 Å². The highest BCUT2D eigenvalue weighted by Crippen LogP contribution is 2.26. The minimum absolute atomic E-state index is 0.105. The third kappa shape index (κ3) is 4.93. The van der Waals surface area contributed by atoms with E-state index < -0.39 is 10.8 Å². The Labute approximate surface area is 193 Å². The maximum Gasteiger partial charge on any atom is 0.311 e. The van der Waals surface area contributed by atoms with Crippen LogP contribution < -0.4 is 10.1 Å². The molecule has 4 rings (SSSR count). The van der Waals surface area contributed by atoms with E-state index in [1.54, 1.807) is 42.1 Å². The van der Waals surface area contributed by atoms with E-state index in [-0.39, 0.29) is 29.7 Å². The number of nitro benzene ring substituents is 1. The van der Waals surface area contributed by atoms with E-state index in [0.717, 1.165) is 11.3 Å². The Bertz CT molecular complexity index is 1350. The summed E-state index contributed by atoms with van der Waals surface area (Å²) in [6.07, 6.45) is 1.54. The van der Waals surface area contributed by atoms with Crippen molar-refractivity contribution in [3.63, 3.8) is 0 Å².